The summed E-state index contributed by atoms with van der Waals surface area (Å²) in [5.41, 5.74) is 0.990. The predicted molar refractivity (Wildman–Crippen MR) is 88.6 cm³/mol. The maximum absolute atomic E-state index is 12.6. The van der Waals surface area contributed by atoms with Crippen molar-refractivity contribution in [2.24, 2.45) is 7.05 Å². The number of aromatic nitrogens is 1. The summed E-state index contributed by atoms with van der Waals surface area (Å²) in [5.74, 6) is -1.35. The number of anilines is 1. The second-order valence-electron chi connectivity index (χ2n) is 4.98. The van der Waals surface area contributed by atoms with Crippen LogP contribution >= 0.6 is 15.9 Å². The van der Waals surface area contributed by atoms with Crippen molar-refractivity contribution in [3.8, 4) is 0 Å². The van der Waals surface area contributed by atoms with E-state index in [0.717, 1.165) is 9.37 Å². The number of barbiturate groups is 1. The van der Waals surface area contributed by atoms with Crippen LogP contribution in [0.3, 0.4) is 0 Å². The highest BCUT2D eigenvalue weighted by molar-refractivity contribution is 9.10. The van der Waals surface area contributed by atoms with E-state index in [1.807, 2.05) is 0 Å². The number of halogens is 1. The minimum atomic E-state index is -0.758. The van der Waals surface area contributed by atoms with Gasteiger partial charge in [0, 0.05) is 23.4 Å². The minimum Gasteiger partial charge on any atom is -0.351 e. The van der Waals surface area contributed by atoms with Gasteiger partial charge in [-0.3, -0.25) is 14.9 Å². The summed E-state index contributed by atoms with van der Waals surface area (Å²) >= 11 is 3.30. The highest BCUT2D eigenvalue weighted by Crippen LogP contribution is 2.23. The monoisotopic (exact) mass is 373 g/mol. The van der Waals surface area contributed by atoms with Crippen LogP contribution in [0, 0.1) is 0 Å². The second-order valence-corrected chi connectivity index (χ2v) is 5.89. The van der Waals surface area contributed by atoms with E-state index in [1.54, 1.807) is 54.2 Å². The summed E-state index contributed by atoms with van der Waals surface area (Å²) < 4.78 is 2.59. The van der Waals surface area contributed by atoms with Crippen LogP contribution in [0.2, 0.25) is 0 Å². The summed E-state index contributed by atoms with van der Waals surface area (Å²) in [4.78, 5) is 37.6. The smallest absolute Gasteiger partial charge is 0.335 e. The number of rotatable bonds is 2. The Balaban J connectivity index is 2.02. The summed E-state index contributed by atoms with van der Waals surface area (Å²) in [7, 11) is 1.80. The molecule has 116 valence electrons. The van der Waals surface area contributed by atoms with E-state index < -0.39 is 17.8 Å². The molecule has 0 atom stereocenters. The van der Waals surface area contributed by atoms with Gasteiger partial charge < -0.3 is 4.57 Å². The molecule has 1 aromatic heterocycles. The van der Waals surface area contributed by atoms with Gasteiger partial charge in [-0.05, 0) is 42.5 Å². The molecule has 0 unspecified atom stereocenters. The predicted octanol–water partition coefficient (Wildman–Crippen LogP) is 2.45. The maximum Gasteiger partial charge on any atom is 0.335 e. The van der Waals surface area contributed by atoms with Crippen LogP contribution < -0.4 is 10.2 Å². The number of benzene rings is 1. The van der Waals surface area contributed by atoms with E-state index in [9.17, 15) is 14.4 Å². The molecule has 1 N–H and O–H groups in total. The first-order valence-electron chi connectivity index (χ1n) is 6.76. The Bertz CT molecular complexity index is 837. The molecule has 6 nitrogen and oxygen atoms in total. The second kappa shape index (κ2) is 5.85. The van der Waals surface area contributed by atoms with Gasteiger partial charge in [0.1, 0.15) is 5.57 Å². The molecule has 1 aromatic carbocycles. The molecule has 1 aliphatic rings. The zero-order valence-electron chi connectivity index (χ0n) is 12.1. The minimum absolute atomic E-state index is 0.0886. The molecule has 3 rings (SSSR count). The highest BCUT2D eigenvalue weighted by atomic mass is 79.9. The van der Waals surface area contributed by atoms with Crippen molar-refractivity contribution in [1.29, 1.82) is 0 Å². The topological polar surface area (TPSA) is 71.4 Å². The molecule has 2 aromatic rings. The van der Waals surface area contributed by atoms with Crippen LogP contribution in [0.5, 0.6) is 0 Å². The third kappa shape index (κ3) is 2.83. The van der Waals surface area contributed by atoms with E-state index in [2.05, 4.69) is 21.2 Å². The number of imide groups is 2. The first-order chi connectivity index (χ1) is 11.0. The molecule has 0 spiro atoms. The molecule has 1 saturated heterocycles. The van der Waals surface area contributed by atoms with Crippen LogP contribution in [0.15, 0.2) is 52.6 Å². The molecule has 7 heteroatoms. The van der Waals surface area contributed by atoms with Crippen molar-refractivity contribution >= 4 is 45.5 Å². The van der Waals surface area contributed by atoms with Gasteiger partial charge in [-0.2, -0.15) is 0 Å². The van der Waals surface area contributed by atoms with Crippen molar-refractivity contribution in [3.63, 3.8) is 0 Å². The number of nitrogens with zero attached hydrogens (tertiary/aromatic N) is 2. The lowest BCUT2D eigenvalue weighted by Gasteiger charge is -2.26. The van der Waals surface area contributed by atoms with Gasteiger partial charge in [0.2, 0.25) is 0 Å². The molecule has 0 saturated carbocycles. The number of hydrogen-bond acceptors (Lipinski definition) is 3. The summed E-state index contributed by atoms with van der Waals surface area (Å²) in [6.45, 7) is 0. The lowest BCUT2D eigenvalue weighted by Crippen LogP contribution is -2.54. The molecule has 2 heterocycles. The molecule has 0 aliphatic carbocycles. The van der Waals surface area contributed by atoms with Crippen molar-refractivity contribution in [2.45, 2.75) is 0 Å². The zero-order chi connectivity index (χ0) is 16.6. The fraction of sp³-hybridized carbons (Fsp3) is 0.0625. The Labute approximate surface area is 140 Å². The Morgan fingerprint density at radius 2 is 1.78 bits per heavy atom. The van der Waals surface area contributed by atoms with Gasteiger partial charge in [-0.1, -0.05) is 15.9 Å². The third-order valence-electron chi connectivity index (χ3n) is 3.46. The Morgan fingerprint density at radius 3 is 2.39 bits per heavy atom. The van der Waals surface area contributed by atoms with Crippen molar-refractivity contribution in [3.05, 3.63) is 58.3 Å². The van der Waals surface area contributed by atoms with Crippen LogP contribution in [0.4, 0.5) is 10.5 Å². The lowest BCUT2D eigenvalue weighted by atomic mass is 10.1. The summed E-state index contributed by atoms with van der Waals surface area (Å²) in [5, 5.41) is 2.19. The van der Waals surface area contributed by atoms with Gasteiger partial charge in [-0.15, -0.1) is 0 Å². The van der Waals surface area contributed by atoms with Crippen molar-refractivity contribution in [2.75, 3.05) is 4.90 Å². The quantitative estimate of drug-likeness (QED) is 0.649. The van der Waals surface area contributed by atoms with Crippen molar-refractivity contribution in [1.82, 2.24) is 9.88 Å². The van der Waals surface area contributed by atoms with Gasteiger partial charge >= 0.3 is 6.03 Å². The SMILES string of the molecule is Cn1cccc1/C=C1\C(=O)NC(=O)N(c2ccc(Br)cc2)C1=O. The Morgan fingerprint density at radius 1 is 1.09 bits per heavy atom. The van der Waals surface area contributed by atoms with E-state index in [4.69, 9.17) is 0 Å². The van der Waals surface area contributed by atoms with E-state index in [0.29, 0.717) is 11.4 Å². The zero-order valence-corrected chi connectivity index (χ0v) is 13.7. The Hall–Kier alpha value is -2.67. The lowest BCUT2D eigenvalue weighted by molar-refractivity contribution is -0.122. The molecular weight excluding hydrogens is 362 g/mol. The molecule has 4 amide bonds. The van der Waals surface area contributed by atoms with Gasteiger partial charge in [0.15, 0.2) is 0 Å². The molecule has 1 fully saturated rings. The fourth-order valence-corrected chi connectivity index (χ4v) is 2.52. The average Bonchev–Trinajstić information content (AvgIpc) is 2.90. The number of aryl methyl sites for hydroxylation is 1. The molecule has 0 bridgehead atoms. The van der Waals surface area contributed by atoms with Crippen LogP contribution in [-0.2, 0) is 16.6 Å². The van der Waals surface area contributed by atoms with Crippen LogP contribution in [0.1, 0.15) is 5.69 Å². The normalized spacial score (nSPS) is 16.9. The Kier molecular flexibility index (Phi) is 3.87. The molecule has 0 radical (unpaired) electrons. The van der Waals surface area contributed by atoms with Crippen molar-refractivity contribution < 1.29 is 14.4 Å². The molecular formula is C16H12BrN3O3. The highest BCUT2D eigenvalue weighted by Gasteiger charge is 2.36. The molecule has 1 aliphatic heterocycles. The first-order valence-corrected chi connectivity index (χ1v) is 7.55. The standard InChI is InChI=1S/C16H12BrN3O3/c1-19-8-2-3-12(19)9-13-14(21)18-16(23)20(15(13)22)11-6-4-10(17)5-7-11/h2-9H,1H3,(H,18,21,23)/b13-9+. The van der Waals surface area contributed by atoms with E-state index in [-0.39, 0.29) is 5.57 Å². The number of carbonyl (C=O) groups excluding carboxylic acids is 3. The fourth-order valence-electron chi connectivity index (χ4n) is 2.25. The number of amides is 4. The average molecular weight is 374 g/mol. The third-order valence-corrected chi connectivity index (χ3v) is 3.99. The van der Waals surface area contributed by atoms with Gasteiger partial charge in [0.25, 0.3) is 11.8 Å². The van der Waals surface area contributed by atoms with E-state index >= 15 is 0 Å². The summed E-state index contributed by atoms with van der Waals surface area (Å²) in [6.07, 6.45) is 3.27. The number of nitrogens with one attached hydrogen (secondary N) is 1. The van der Waals surface area contributed by atoms with Crippen LogP contribution in [-0.4, -0.2) is 22.4 Å². The summed E-state index contributed by atoms with van der Waals surface area (Å²) in [6, 6.07) is 9.49. The van der Waals surface area contributed by atoms with Gasteiger partial charge in [0.05, 0.1) is 5.69 Å². The maximum atomic E-state index is 12.6. The molecule has 23 heavy (non-hydrogen) atoms. The number of hydrogen-bond donors (Lipinski definition) is 1. The number of carbonyl (C=O) groups is 3. The number of urea groups is 1. The largest absolute Gasteiger partial charge is 0.351 e. The van der Waals surface area contributed by atoms with Crippen LogP contribution in [0.25, 0.3) is 6.08 Å². The van der Waals surface area contributed by atoms with E-state index in [1.165, 1.54) is 6.08 Å². The van der Waals surface area contributed by atoms with Gasteiger partial charge in [-0.25, -0.2) is 9.69 Å². The first kappa shape index (κ1) is 15.2.